The zero-order valence-electron chi connectivity index (χ0n) is 14.7. The van der Waals surface area contributed by atoms with E-state index >= 15 is 0 Å². The Morgan fingerprint density at radius 3 is 2.37 bits per heavy atom. The highest BCUT2D eigenvalue weighted by molar-refractivity contribution is 8.00. The maximum absolute atomic E-state index is 12.8. The molecule has 2 heterocycles. The summed E-state index contributed by atoms with van der Waals surface area (Å²) in [5.41, 5.74) is 0.781. The molecule has 0 saturated heterocycles. The van der Waals surface area contributed by atoms with Crippen molar-refractivity contribution in [3.05, 3.63) is 49.4 Å². The second-order valence-corrected chi connectivity index (χ2v) is 8.41. The number of nitrogens with one attached hydrogen (secondary N) is 1. The highest BCUT2D eigenvalue weighted by atomic mass is 35.5. The number of hydrogen-bond acceptors (Lipinski definition) is 7. The highest BCUT2D eigenvalue weighted by Crippen LogP contribution is 2.49. The van der Waals surface area contributed by atoms with Crippen LogP contribution in [0, 0.1) is 5.92 Å². The Balaban J connectivity index is 2.15. The van der Waals surface area contributed by atoms with E-state index in [1.54, 1.807) is 38.1 Å². The summed E-state index contributed by atoms with van der Waals surface area (Å²) in [5.74, 6) is -2.31. The number of aromatic amines is 1. The molecule has 1 aromatic heterocycles. The Kier molecular flexibility index (Phi) is 6.29. The Morgan fingerprint density at radius 1 is 1.11 bits per heavy atom. The van der Waals surface area contributed by atoms with Gasteiger partial charge in [0.2, 0.25) is 0 Å². The van der Waals surface area contributed by atoms with Crippen LogP contribution in [0.3, 0.4) is 0 Å². The van der Waals surface area contributed by atoms with E-state index in [0.717, 1.165) is 28.7 Å². The Morgan fingerprint density at radius 2 is 1.74 bits per heavy atom. The van der Waals surface area contributed by atoms with Crippen molar-refractivity contribution in [3.8, 4) is 0 Å². The van der Waals surface area contributed by atoms with Crippen LogP contribution in [0.1, 0.15) is 30.2 Å². The normalized spacial score (nSPS) is 21.4. The van der Waals surface area contributed by atoms with E-state index in [2.05, 4.69) is 4.98 Å². The fourth-order valence-electron chi connectivity index (χ4n) is 3.10. The Hall–Kier alpha value is -1.77. The van der Waals surface area contributed by atoms with Crippen LogP contribution in [0.5, 0.6) is 0 Å². The third kappa shape index (κ3) is 4.07. The van der Waals surface area contributed by atoms with Crippen molar-refractivity contribution in [1.82, 2.24) is 4.98 Å². The number of ether oxygens (including phenoxy) is 2. The van der Waals surface area contributed by atoms with Gasteiger partial charge in [0, 0.05) is 15.8 Å². The van der Waals surface area contributed by atoms with E-state index in [9.17, 15) is 14.4 Å². The van der Waals surface area contributed by atoms with E-state index in [0.29, 0.717) is 14.9 Å². The number of thiazole rings is 1. The number of esters is 2. The third-order valence-corrected chi connectivity index (χ3v) is 6.81. The lowest BCUT2D eigenvalue weighted by molar-refractivity contribution is -0.154. The largest absolute Gasteiger partial charge is 0.466 e. The van der Waals surface area contributed by atoms with E-state index in [-0.39, 0.29) is 18.1 Å². The first-order valence-corrected chi connectivity index (χ1v) is 10.5. The molecule has 0 unspecified atom stereocenters. The van der Waals surface area contributed by atoms with Crippen molar-refractivity contribution in [2.75, 3.05) is 13.2 Å². The average molecular weight is 428 g/mol. The molecule has 1 aliphatic heterocycles. The summed E-state index contributed by atoms with van der Waals surface area (Å²) in [6.07, 6.45) is 0. The van der Waals surface area contributed by atoms with E-state index < -0.39 is 29.0 Å². The predicted octanol–water partition coefficient (Wildman–Crippen LogP) is 3.44. The molecule has 1 aromatic carbocycles. The number of halogens is 1. The molecule has 0 radical (unpaired) electrons. The minimum atomic E-state index is -0.817. The fourth-order valence-corrected chi connectivity index (χ4v) is 5.70. The second kappa shape index (κ2) is 8.50. The summed E-state index contributed by atoms with van der Waals surface area (Å²) < 4.78 is 10.5. The lowest BCUT2D eigenvalue weighted by Gasteiger charge is -2.34. The molecule has 0 amide bonds. The van der Waals surface area contributed by atoms with Crippen LogP contribution < -0.4 is 4.87 Å². The summed E-state index contributed by atoms with van der Waals surface area (Å²) in [6, 6.07) is 7.03. The number of carbonyl (C=O) groups is 2. The van der Waals surface area contributed by atoms with Crippen LogP contribution >= 0.6 is 34.7 Å². The van der Waals surface area contributed by atoms with E-state index in [1.807, 2.05) is 0 Å². The number of H-pyrrole nitrogens is 1. The lowest BCUT2D eigenvalue weighted by atomic mass is 9.82. The maximum Gasteiger partial charge on any atom is 0.320 e. The summed E-state index contributed by atoms with van der Waals surface area (Å²) >= 11 is 8.18. The standard InChI is InChI=1S/C18H18ClNO5S2/c1-3-24-16(21)12-11(9-5-7-10(19)8-6-9)13-15(20-18(23)27-13)26-14(12)17(22)25-4-2/h5-8,11-12,14H,3-4H2,1-2H3,(H,20,23)/t11-,12-,14-/m1/s1. The topological polar surface area (TPSA) is 85.5 Å². The van der Waals surface area contributed by atoms with Gasteiger partial charge in [0.25, 0.3) is 0 Å². The van der Waals surface area contributed by atoms with Crippen LogP contribution in [-0.2, 0) is 19.1 Å². The van der Waals surface area contributed by atoms with Crippen LogP contribution in [-0.4, -0.2) is 35.4 Å². The van der Waals surface area contributed by atoms with Gasteiger partial charge in [0.1, 0.15) is 5.25 Å². The van der Waals surface area contributed by atoms with Crippen LogP contribution in [0.4, 0.5) is 0 Å². The minimum absolute atomic E-state index is 0.194. The number of thioether (sulfide) groups is 1. The van der Waals surface area contributed by atoms with Gasteiger partial charge in [-0.05, 0) is 31.5 Å². The van der Waals surface area contributed by atoms with Gasteiger partial charge in [-0.15, -0.1) is 0 Å². The average Bonchev–Trinajstić information content (AvgIpc) is 3.01. The van der Waals surface area contributed by atoms with Gasteiger partial charge in [-0.25, -0.2) is 0 Å². The molecule has 0 bridgehead atoms. The van der Waals surface area contributed by atoms with Crippen molar-refractivity contribution < 1.29 is 19.1 Å². The van der Waals surface area contributed by atoms with E-state index in [4.69, 9.17) is 21.1 Å². The molecule has 144 valence electrons. The first-order chi connectivity index (χ1) is 13.0. The third-order valence-electron chi connectivity index (χ3n) is 4.16. The quantitative estimate of drug-likeness (QED) is 0.735. The van der Waals surface area contributed by atoms with Crippen molar-refractivity contribution in [2.45, 2.75) is 30.0 Å². The zero-order valence-corrected chi connectivity index (χ0v) is 17.1. The molecule has 6 nitrogen and oxygen atoms in total. The maximum atomic E-state index is 12.8. The summed E-state index contributed by atoms with van der Waals surface area (Å²) in [5, 5.41) is 0.326. The number of rotatable bonds is 5. The molecule has 3 atom stereocenters. The van der Waals surface area contributed by atoms with Gasteiger partial charge in [0.05, 0.1) is 24.2 Å². The first kappa shape index (κ1) is 20.0. The summed E-state index contributed by atoms with van der Waals surface area (Å²) in [7, 11) is 0. The molecule has 9 heteroatoms. The molecule has 3 rings (SSSR count). The zero-order chi connectivity index (χ0) is 19.6. The first-order valence-electron chi connectivity index (χ1n) is 8.44. The molecular weight excluding hydrogens is 410 g/mol. The van der Waals surface area contributed by atoms with Gasteiger partial charge in [-0.2, -0.15) is 0 Å². The Labute approximate surface area is 169 Å². The molecule has 1 N–H and O–H groups in total. The molecular formula is C18H18ClNO5S2. The molecule has 2 aromatic rings. The van der Waals surface area contributed by atoms with Crippen LogP contribution in [0.15, 0.2) is 34.1 Å². The molecule has 0 fully saturated rings. The Bertz CT molecular complexity index is 892. The number of benzene rings is 1. The number of carbonyl (C=O) groups excluding carboxylic acids is 2. The number of fused-ring (bicyclic) bond motifs is 1. The summed E-state index contributed by atoms with van der Waals surface area (Å²) in [4.78, 5) is 40.7. The molecule has 0 saturated carbocycles. The van der Waals surface area contributed by atoms with E-state index in [1.165, 1.54) is 0 Å². The van der Waals surface area contributed by atoms with Gasteiger partial charge in [-0.1, -0.05) is 46.8 Å². The lowest BCUT2D eigenvalue weighted by Crippen LogP contribution is -2.41. The number of aromatic nitrogens is 1. The van der Waals surface area contributed by atoms with Crippen molar-refractivity contribution in [3.63, 3.8) is 0 Å². The SMILES string of the molecule is CCOC(=O)[C@@H]1[C@@H](c2ccc(Cl)cc2)c2sc(=O)[nH]c2S[C@H]1C(=O)OCC. The minimum Gasteiger partial charge on any atom is -0.466 e. The van der Waals surface area contributed by atoms with Crippen molar-refractivity contribution in [2.24, 2.45) is 5.92 Å². The van der Waals surface area contributed by atoms with Crippen molar-refractivity contribution >= 4 is 46.6 Å². The van der Waals surface area contributed by atoms with Gasteiger partial charge in [-0.3, -0.25) is 14.4 Å². The molecule has 0 spiro atoms. The molecule has 0 aliphatic carbocycles. The second-order valence-electron chi connectivity index (χ2n) is 5.81. The van der Waals surface area contributed by atoms with Crippen LogP contribution in [0.2, 0.25) is 5.02 Å². The number of hydrogen-bond donors (Lipinski definition) is 1. The highest BCUT2D eigenvalue weighted by Gasteiger charge is 2.49. The van der Waals surface area contributed by atoms with Gasteiger partial charge in [0.15, 0.2) is 0 Å². The summed E-state index contributed by atoms with van der Waals surface area (Å²) in [6.45, 7) is 3.81. The van der Waals surface area contributed by atoms with Gasteiger partial charge < -0.3 is 14.5 Å². The van der Waals surface area contributed by atoms with Crippen molar-refractivity contribution in [1.29, 1.82) is 0 Å². The smallest absolute Gasteiger partial charge is 0.320 e. The predicted molar refractivity (Wildman–Crippen MR) is 105 cm³/mol. The monoisotopic (exact) mass is 427 g/mol. The molecule has 27 heavy (non-hydrogen) atoms. The molecule has 1 aliphatic rings. The van der Waals surface area contributed by atoms with Gasteiger partial charge >= 0.3 is 16.8 Å². The van der Waals surface area contributed by atoms with Crippen LogP contribution in [0.25, 0.3) is 0 Å². The fraction of sp³-hybridized carbons (Fsp3) is 0.389.